The predicted octanol–water partition coefficient (Wildman–Crippen LogP) is 2.70. The summed E-state index contributed by atoms with van der Waals surface area (Å²) in [6.45, 7) is 1.58. The first kappa shape index (κ1) is 12.1. The zero-order chi connectivity index (χ0) is 13.1. The highest BCUT2D eigenvalue weighted by molar-refractivity contribution is 6.07. The SMILES string of the molecule is CC(C(=O)O)c1cccc(C(=O)c2ccco2)c1. The molecule has 92 valence electrons. The lowest BCUT2D eigenvalue weighted by Gasteiger charge is -2.07. The minimum absolute atomic E-state index is 0.245. The number of rotatable bonds is 4. The lowest BCUT2D eigenvalue weighted by molar-refractivity contribution is -0.138. The predicted molar refractivity (Wildman–Crippen MR) is 64.6 cm³/mol. The summed E-state index contributed by atoms with van der Waals surface area (Å²) in [4.78, 5) is 22.9. The number of carbonyl (C=O) groups excluding carboxylic acids is 1. The maximum Gasteiger partial charge on any atom is 0.310 e. The van der Waals surface area contributed by atoms with Gasteiger partial charge in [0.2, 0.25) is 5.78 Å². The van der Waals surface area contributed by atoms with E-state index in [0.29, 0.717) is 11.1 Å². The Morgan fingerprint density at radius 3 is 2.61 bits per heavy atom. The number of benzene rings is 1. The molecule has 0 saturated carbocycles. The number of hydrogen-bond donors (Lipinski definition) is 1. The molecule has 0 radical (unpaired) electrons. The smallest absolute Gasteiger partial charge is 0.310 e. The molecule has 0 saturated heterocycles. The van der Waals surface area contributed by atoms with E-state index in [1.165, 1.54) is 6.26 Å². The van der Waals surface area contributed by atoms with Crippen molar-refractivity contribution in [3.8, 4) is 0 Å². The van der Waals surface area contributed by atoms with E-state index < -0.39 is 11.9 Å². The molecule has 1 atom stereocenters. The molecule has 18 heavy (non-hydrogen) atoms. The highest BCUT2D eigenvalue weighted by Crippen LogP contribution is 2.19. The fourth-order valence-electron chi connectivity index (χ4n) is 1.64. The molecular formula is C14H12O4. The number of carbonyl (C=O) groups is 2. The van der Waals surface area contributed by atoms with Crippen molar-refractivity contribution in [1.82, 2.24) is 0 Å². The van der Waals surface area contributed by atoms with Crippen molar-refractivity contribution in [2.24, 2.45) is 0 Å². The van der Waals surface area contributed by atoms with Crippen LogP contribution in [-0.2, 0) is 4.79 Å². The number of furan rings is 1. The number of ketones is 1. The van der Waals surface area contributed by atoms with E-state index in [4.69, 9.17) is 9.52 Å². The molecule has 0 spiro atoms. The van der Waals surface area contributed by atoms with E-state index in [1.54, 1.807) is 43.3 Å². The van der Waals surface area contributed by atoms with Crippen molar-refractivity contribution >= 4 is 11.8 Å². The van der Waals surface area contributed by atoms with Gasteiger partial charge in [-0.1, -0.05) is 18.2 Å². The lowest BCUT2D eigenvalue weighted by atomic mass is 9.97. The Hall–Kier alpha value is -2.36. The van der Waals surface area contributed by atoms with Crippen LogP contribution < -0.4 is 0 Å². The molecule has 0 aliphatic rings. The summed E-state index contributed by atoms with van der Waals surface area (Å²) in [6.07, 6.45) is 1.43. The minimum atomic E-state index is -0.919. The van der Waals surface area contributed by atoms with Gasteiger partial charge in [-0.2, -0.15) is 0 Å². The van der Waals surface area contributed by atoms with Gasteiger partial charge in [0.1, 0.15) is 0 Å². The van der Waals surface area contributed by atoms with Crippen LogP contribution in [0.5, 0.6) is 0 Å². The van der Waals surface area contributed by atoms with Gasteiger partial charge in [0.15, 0.2) is 5.76 Å². The lowest BCUT2D eigenvalue weighted by Crippen LogP contribution is -2.08. The zero-order valence-electron chi connectivity index (χ0n) is 9.79. The molecule has 4 heteroatoms. The third-order valence-corrected chi connectivity index (χ3v) is 2.76. The van der Waals surface area contributed by atoms with Gasteiger partial charge in [0.25, 0.3) is 0 Å². The summed E-state index contributed by atoms with van der Waals surface area (Å²) >= 11 is 0. The molecule has 1 aromatic heterocycles. The van der Waals surface area contributed by atoms with Crippen LogP contribution in [0.4, 0.5) is 0 Å². The van der Waals surface area contributed by atoms with Gasteiger partial charge in [-0.15, -0.1) is 0 Å². The monoisotopic (exact) mass is 244 g/mol. The van der Waals surface area contributed by atoms with E-state index in [-0.39, 0.29) is 11.5 Å². The maximum atomic E-state index is 12.0. The summed E-state index contributed by atoms with van der Waals surface area (Å²) in [5.41, 5.74) is 1.02. The Labute approximate surface area is 104 Å². The van der Waals surface area contributed by atoms with Crippen LogP contribution in [0.25, 0.3) is 0 Å². The molecular weight excluding hydrogens is 232 g/mol. The maximum absolute atomic E-state index is 12.0. The van der Waals surface area contributed by atoms with Crippen LogP contribution in [0.1, 0.15) is 34.5 Å². The van der Waals surface area contributed by atoms with Crippen LogP contribution in [0.3, 0.4) is 0 Å². The van der Waals surface area contributed by atoms with Crippen molar-refractivity contribution < 1.29 is 19.1 Å². The van der Waals surface area contributed by atoms with Gasteiger partial charge in [0, 0.05) is 5.56 Å². The first-order valence-electron chi connectivity index (χ1n) is 5.50. The van der Waals surface area contributed by atoms with Crippen LogP contribution in [0, 0.1) is 0 Å². The fraction of sp³-hybridized carbons (Fsp3) is 0.143. The molecule has 0 aliphatic carbocycles. The second kappa shape index (κ2) is 4.87. The van der Waals surface area contributed by atoms with Crippen LogP contribution in [0.15, 0.2) is 47.1 Å². The summed E-state index contributed by atoms with van der Waals surface area (Å²) in [5, 5.41) is 8.95. The highest BCUT2D eigenvalue weighted by atomic mass is 16.4. The first-order chi connectivity index (χ1) is 8.59. The number of carboxylic acids is 1. The first-order valence-corrected chi connectivity index (χ1v) is 5.50. The molecule has 2 aromatic rings. The summed E-state index contributed by atoms with van der Waals surface area (Å²) in [7, 11) is 0. The largest absolute Gasteiger partial charge is 0.481 e. The Bertz CT molecular complexity index is 569. The van der Waals surface area contributed by atoms with Crippen LogP contribution >= 0.6 is 0 Å². The van der Waals surface area contributed by atoms with Gasteiger partial charge in [-0.3, -0.25) is 9.59 Å². The average Bonchev–Trinajstić information content (AvgIpc) is 2.91. The minimum Gasteiger partial charge on any atom is -0.481 e. The second-order valence-corrected chi connectivity index (χ2v) is 3.99. The van der Waals surface area contributed by atoms with Crippen molar-refractivity contribution in [2.75, 3.05) is 0 Å². The van der Waals surface area contributed by atoms with Crippen LogP contribution in [0.2, 0.25) is 0 Å². The average molecular weight is 244 g/mol. The standard InChI is InChI=1S/C14H12O4/c1-9(14(16)17)10-4-2-5-11(8-10)13(15)12-6-3-7-18-12/h2-9H,1H3,(H,16,17). The van der Waals surface area contributed by atoms with Crippen molar-refractivity contribution in [3.63, 3.8) is 0 Å². The molecule has 1 aromatic carbocycles. The molecule has 0 aliphatic heterocycles. The van der Waals surface area contributed by atoms with Crippen molar-refractivity contribution in [2.45, 2.75) is 12.8 Å². The Kier molecular flexibility index (Phi) is 3.28. The quantitative estimate of drug-likeness (QED) is 0.839. The third kappa shape index (κ3) is 2.32. The Morgan fingerprint density at radius 2 is 2.00 bits per heavy atom. The van der Waals surface area contributed by atoms with E-state index in [2.05, 4.69) is 0 Å². The zero-order valence-corrected chi connectivity index (χ0v) is 9.79. The summed E-state index contributed by atoms with van der Waals surface area (Å²) in [6, 6.07) is 9.81. The molecule has 0 fully saturated rings. The molecule has 1 N–H and O–H groups in total. The van der Waals surface area contributed by atoms with E-state index in [9.17, 15) is 9.59 Å². The third-order valence-electron chi connectivity index (χ3n) is 2.76. The molecule has 1 unspecified atom stereocenters. The Balaban J connectivity index is 2.33. The second-order valence-electron chi connectivity index (χ2n) is 3.99. The molecule has 0 amide bonds. The van der Waals surface area contributed by atoms with Crippen LogP contribution in [-0.4, -0.2) is 16.9 Å². The van der Waals surface area contributed by atoms with E-state index >= 15 is 0 Å². The number of carboxylic acid groups (broad SMARTS) is 1. The number of hydrogen-bond acceptors (Lipinski definition) is 3. The van der Waals surface area contributed by atoms with Gasteiger partial charge < -0.3 is 9.52 Å². The molecule has 4 nitrogen and oxygen atoms in total. The van der Waals surface area contributed by atoms with Gasteiger partial charge in [-0.05, 0) is 30.7 Å². The molecule has 1 heterocycles. The van der Waals surface area contributed by atoms with Gasteiger partial charge >= 0.3 is 5.97 Å². The highest BCUT2D eigenvalue weighted by Gasteiger charge is 2.17. The van der Waals surface area contributed by atoms with Crippen molar-refractivity contribution in [1.29, 1.82) is 0 Å². The van der Waals surface area contributed by atoms with Crippen molar-refractivity contribution in [3.05, 3.63) is 59.5 Å². The number of aliphatic carboxylic acids is 1. The summed E-state index contributed by atoms with van der Waals surface area (Å²) in [5.74, 6) is -1.57. The Morgan fingerprint density at radius 1 is 1.22 bits per heavy atom. The molecule has 0 bridgehead atoms. The van der Waals surface area contributed by atoms with E-state index in [0.717, 1.165) is 0 Å². The van der Waals surface area contributed by atoms with Gasteiger partial charge in [0.05, 0.1) is 12.2 Å². The molecule has 2 rings (SSSR count). The van der Waals surface area contributed by atoms with Gasteiger partial charge in [-0.25, -0.2) is 0 Å². The summed E-state index contributed by atoms with van der Waals surface area (Å²) < 4.78 is 5.03. The normalized spacial score (nSPS) is 12.1. The fourth-order valence-corrected chi connectivity index (χ4v) is 1.64. The van der Waals surface area contributed by atoms with E-state index in [1.807, 2.05) is 0 Å². The topological polar surface area (TPSA) is 67.5 Å².